The Hall–Kier alpha value is -3.77. The molecule has 32 heavy (non-hydrogen) atoms. The van der Waals surface area contributed by atoms with Crippen LogP contribution in [0, 0.1) is 0 Å². The zero-order chi connectivity index (χ0) is 22.7. The molecule has 0 saturated carbocycles. The zero-order valence-electron chi connectivity index (χ0n) is 16.6. The number of sulfonamides is 1. The maximum Gasteiger partial charge on any atom is 0.267 e. The molecule has 3 heterocycles. The number of carbonyl (C=O) groups is 1. The highest BCUT2D eigenvalue weighted by molar-refractivity contribution is 7.93. The highest BCUT2D eigenvalue weighted by Crippen LogP contribution is 2.20. The van der Waals surface area contributed by atoms with Crippen LogP contribution in [0.1, 0.15) is 13.0 Å². The van der Waals surface area contributed by atoms with Gasteiger partial charge in [0, 0.05) is 23.3 Å². The average Bonchev–Trinajstić information content (AvgIpc) is 3.48. The number of nitrogens with one attached hydrogen (secondary N) is 2. The number of carbonyl (C=O) groups excluding carboxylic acids is 1. The second kappa shape index (κ2) is 8.77. The minimum absolute atomic E-state index is 0.0165. The summed E-state index contributed by atoms with van der Waals surface area (Å²) in [7, 11) is -3.80. The molecule has 1 unspecified atom stereocenters. The van der Waals surface area contributed by atoms with E-state index in [1.807, 2.05) is 0 Å². The fraction of sp³-hybridized carbons (Fsp3) is 0.100. The molecule has 0 radical (unpaired) electrons. The monoisotopic (exact) mass is 471 g/mol. The molecule has 0 saturated heterocycles. The van der Waals surface area contributed by atoms with Gasteiger partial charge in [-0.25, -0.2) is 18.1 Å². The molecule has 164 valence electrons. The van der Waals surface area contributed by atoms with E-state index < -0.39 is 27.5 Å². The van der Waals surface area contributed by atoms with E-state index in [-0.39, 0.29) is 10.0 Å². The van der Waals surface area contributed by atoms with Crippen LogP contribution in [-0.4, -0.2) is 29.1 Å². The number of nitrogens with zero attached hydrogens (tertiary/aromatic N) is 3. The largest absolute Gasteiger partial charge is 0.463 e. The first-order chi connectivity index (χ1) is 15.3. The summed E-state index contributed by atoms with van der Waals surface area (Å²) in [6.45, 7) is 1.53. The minimum atomic E-state index is -3.80. The quantitative estimate of drug-likeness (QED) is 0.423. The summed E-state index contributed by atoms with van der Waals surface area (Å²) in [5.41, 5.74) is 0.333. The van der Waals surface area contributed by atoms with Crippen molar-refractivity contribution in [3.05, 3.63) is 76.7 Å². The number of rotatable bonds is 7. The van der Waals surface area contributed by atoms with Gasteiger partial charge in [-0.3, -0.25) is 14.3 Å². The van der Waals surface area contributed by atoms with E-state index >= 15 is 0 Å². The lowest BCUT2D eigenvalue weighted by Gasteiger charge is -2.15. The Morgan fingerprint density at radius 3 is 2.59 bits per heavy atom. The smallest absolute Gasteiger partial charge is 0.267 e. The first kappa shape index (κ1) is 21.5. The predicted molar refractivity (Wildman–Crippen MR) is 119 cm³/mol. The van der Waals surface area contributed by atoms with Gasteiger partial charge in [0.1, 0.15) is 11.7 Å². The molecule has 3 aromatic heterocycles. The number of furan rings is 1. The van der Waals surface area contributed by atoms with Crippen LogP contribution in [-0.2, 0) is 14.8 Å². The Kier molecular flexibility index (Phi) is 5.88. The van der Waals surface area contributed by atoms with E-state index in [9.17, 15) is 18.0 Å². The highest BCUT2D eigenvalue weighted by atomic mass is 32.2. The fourth-order valence-electron chi connectivity index (χ4n) is 2.78. The molecule has 10 nitrogen and oxygen atoms in total. The van der Waals surface area contributed by atoms with Crippen LogP contribution in [0.25, 0.3) is 11.5 Å². The summed E-state index contributed by atoms with van der Waals surface area (Å²) in [5.74, 6) is -0.0257. The van der Waals surface area contributed by atoms with Crippen molar-refractivity contribution in [2.45, 2.75) is 17.9 Å². The van der Waals surface area contributed by atoms with Crippen molar-refractivity contribution in [1.82, 2.24) is 14.8 Å². The SMILES string of the molecule is CC(C(=O)Nc1ccc(S(=O)(=O)Nc2nccs2)cc1)n1nc(-c2ccco2)ccc1=O. The van der Waals surface area contributed by atoms with Gasteiger partial charge in [0.15, 0.2) is 10.9 Å². The van der Waals surface area contributed by atoms with Gasteiger partial charge in [0.2, 0.25) is 5.91 Å². The van der Waals surface area contributed by atoms with Crippen LogP contribution >= 0.6 is 11.3 Å². The Morgan fingerprint density at radius 1 is 1.16 bits per heavy atom. The van der Waals surface area contributed by atoms with Gasteiger partial charge in [-0.05, 0) is 49.4 Å². The molecule has 0 bridgehead atoms. The number of benzene rings is 1. The van der Waals surface area contributed by atoms with Gasteiger partial charge in [-0.2, -0.15) is 5.10 Å². The molecule has 12 heteroatoms. The van der Waals surface area contributed by atoms with Gasteiger partial charge in [-0.15, -0.1) is 11.3 Å². The second-order valence-corrected chi connectivity index (χ2v) is 9.19. The molecule has 0 spiro atoms. The van der Waals surface area contributed by atoms with Crippen molar-refractivity contribution >= 4 is 38.1 Å². The van der Waals surface area contributed by atoms with Crippen LogP contribution in [0.5, 0.6) is 0 Å². The Balaban J connectivity index is 1.48. The van der Waals surface area contributed by atoms with E-state index in [4.69, 9.17) is 4.42 Å². The van der Waals surface area contributed by atoms with E-state index in [0.29, 0.717) is 17.1 Å². The van der Waals surface area contributed by atoms with Gasteiger partial charge in [0.05, 0.1) is 11.2 Å². The first-order valence-corrected chi connectivity index (χ1v) is 11.7. The number of amides is 1. The summed E-state index contributed by atoms with van der Waals surface area (Å²) in [5, 5.41) is 8.78. The number of aromatic nitrogens is 3. The summed E-state index contributed by atoms with van der Waals surface area (Å²) < 4.78 is 33.5. The van der Waals surface area contributed by atoms with Crippen LogP contribution < -0.4 is 15.6 Å². The number of hydrogen-bond acceptors (Lipinski definition) is 8. The van der Waals surface area contributed by atoms with Crippen molar-refractivity contribution in [3.63, 3.8) is 0 Å². The third kappa shape index (κ3) is 4.60. The lowest BCUT2D eigenvalue weighted by atomic mass is 10.2. The van der Waals surface area contributed by atoms with E-state index in [2.05, 4.69) is 20.1 Å². The van der Waals surface area contributed by atoms with Gasteiger partial charge >= 0.3 is 0 Å². The van der Waals surface area contributed by atoms with Crippen molar-refractivity contribution in [3.8, 4) is 11.5 Å². The molecule has 0 aliphatic heterocycles. The summed E-state index contributed by atoms with van der Waals surface area (Å²) in [6.07, 6.45) is 2.98. The number of hydrogen-bond donors (Lipinski definition) is 2. The van der Waals surface area contributed by atoms with Crippen LogP contribution in [0.15, 0.2) is 80.5 Å². The maximum atomic E-state index is 12.7. The Bertz CT molecular complexity index is 1380. The third-order valence-corrected chi connectivity index (χ3v) is 6.60. The third-order valence-electron chi connectivity index (χ3n) is 4.43. The summed E-state index contributed by atoms with van der Waals surface area (Å²) >= 11 is 1.16. The summed E-state index contributed by atoms with van der Waals surface area (Å²) in [4.78, 5) is 28.8. The Morgan fingerprint density at radius 2 is 1.94 bits per heavy atom. The van der Waals surface area contributed by atoms with Crippen LogP contribution in [0.2, 0.25) is 0 Å². The van der Waals surface area contributed by atoms with Crippen molar-refractivity contribution in [2.24, 2.45) is 0 Å². The van der Waals surface area contributed by atoms with Crippen molar-refractivity contribution in [2.75, 3.05) is 10.0 Å². The first-order valence-electron chi connectivity index (χ1n) is 9.30. The van der Waals surface area contributed by atoms with Gasteiger partial charge < -0.3 is 9.73 Å². The molecular formula is C20H17N5O5S2. The standard InChI is InChI=1S/C20H17N5O5S2/c1-13(25-18(26)9-8-16(23-25)17-3-2-11-30-17)19(27)22-14-4-6-15(7-5-14)32(28,29)24-20-21-10-12-31-20/h2-13H,1H3,(H,21,24)(H,22,27). The molecule has 1 atom stereocenters. The molecule has 1 aromatic carbocycles. The lowest BCUT2D eigenvalue weighted by molar-refractivity contribution is -0.119. The summed E-state index contributed by atoms with van der Waals surface area (Å²) in [6, 6.07) is 10.9. The molecule has 0 aliphatic carbocycles. The fourth-order valence-corrected chi connectivity index (χ4v) is 4.57. The average molecular weight is 472 g/mol. The Labute approximate surface area is 186 Å². The van der Waals surface area contributed by atoms with Gasteiger partial charge in [0.25, 0.3) is 15.6 Å². The molecule has 0 fully saturated rings. The highest BCUT2D eigenvalue weighted by Gasteiger charge is 2.20. The van der Waals surface area contributed by atoms with E-state index in [1.165, 1.54) is 55.8 Å². The van der Waals surface area contributed by atoms with E-state index in [0.717, 1.165) is 16.0 Å². The van der Waals surface area contributed by atoms with E-state index in [1.54, 1.807) is 17.5 Å². The second-order valence-electron chi connectivity index (χ2n) is 6.61. The number of anilines is 2. The minimum Gasteiger partial charge on any atom is -0.463 e. The molecule has 4 rings (SSSR count). The molecule has 4 aromatic rings. The molecule has 1 amide bonds. The van der Waals surface area contributed by atoms with Gasteiger partial charge in [-0.1, -0.05) is 0 Å². The molecular weight excluding hydrogens is 454 g/mol. The predicted octanol–water partition coefficient (Wildman–Crippen LogP) is 2.96. The molecule has 2 N–H and O–H groups in total. The van der Waals surface area contributed by atoms with Crippen LogP contribution in [0.3, 0.4) is 0 Å². The van der Waals surface area contributed by atoms with Crippen LogP contribution in [0.4, 0.5) is 10.8 Å². The van der Waals surface area contributed by atoms with Crippen molar-refractivity contribution in [1.29, 1.82) is 0 Å². The normalized spacial score (nSPS) is 12.3. The lowest BCUT2D eigenvalue weighted by Crippen LogP contribution is -2.33. The number of thiazole rings is 1. The zero-order valence-corrected chi connectivity index (χ0v) is 18.3. The molecule has 0 aliphatic rings. The maximum absolute atomic E-state index is 12.7. The van der Waals surface area contributed by atoms with Crippen molar-refractivity contribution < 1.29 is 17.6 Å². The topological polar surface area (TPSA) is 136 Å².